The zero-order chi connectivity index (χ0) is 13.8. The zero-order valence-electron chi connectivity index (χ0n) is 10.4. The summed E-state index contributed by atoms with van der Waals surface area (Å²) >= 11 is 0. The van der Waals surface area contributed by atoms with Crippen LogP contribution in [0.25, 0.3) is 0 Å². The fourth-order valence-corrected chi connectivity index (χ4v) is 1.67. The van der Waals surface area contributed by atoms with Crippen molar-refractivity contribution < 1.29 is 19.0 Å². The van der Waals surface area contributed by atoms with Crippen LogP contribution in [0.2, 0.25) is 0 Å². The van der Waals surface area contributed by atoms with E-state index in [9.17, 15) is 9.18 Å². The number of hydrogen-bond donors (Lipinski definition) is 1. The highest BCUT2D eigenvalue weighted by Crippen LogP contribution is 2.26. The summed E-state index contributed by atoms with van der Waals surface area (Å²) < 4.78 is 19.1. The summed E-state index contributed by atoms with van der Waals surface area (Å²) in [6.45, 7) is 2.02. The summed E-state index contributed by atoms with van der Waals surface area (Å²) in [5.41, 5.74) is 0.979. The van der Waals surface area contributed by atoms with Gasteiger partial charge in [-0.2, -0.15) is 0 Å². The third-order valence-electron chi connectivity index (χ3n) is 2.71. The van der Waals surface area contributed by atoms with Gasteiger partial charge < -0.3 is 9.84 Å². The molecular weight excluding hydrogens is 247 g/mol. The van der Waals surface area contributed by atoms with Gasteiger partial charge in [0.15, 0.2) is 11.6 Å². The lowest BCUT2D eigenvalue weighted by molar-refractivity contribution is 0.0696. The number of halogens is 1. The molecule has 98 valence electrons. The summed E-state index contributed by atoms with van der Waals surface area (Å²) in [7, 11) is 0. The number of aryl methyl sites for hydroxylation is 1. The Labute approximate surface area is 110 Å². The number of ether oxygens (including phenoxy) is 1. The maximum atomic E-state index is 13.7. The second-order valence-electron chi connectivity index (χ2n) is 4.05. The monoisotopic (exact) mass is 260 g/mol. The van der Waals surface area contributed by atoms with Crippen LogP contribution in [0, 0.1) is 5.82 Å². The van der Waals surface area contributed by atoms with Crippen molar-refractivity contribution in [3.05, 3.63) is 59.4 Å². The lowest BCUT2D eigenvalue weighted by Crippen LogP contribution is -1.98. The molecule has 0 radical (unpaired) electrons. The van der Waals surface area contributed by atoms with E-state index in [1.807, 2.05) is 25.1 Å². The van der Waals surface area contributed by atoms with Crippen LogP contribution in [0.4, 0.5) is 4.39 Å². The summed E-state index contributed by atoms with van der Waals surface area (Å²) in [5, 5.41) is 8.75. The van der Waals surface area contributed by atoms with Gasteiger partial charge in [-0.05, 0) is 42.3 Å². The van der Waals surface area contributed by atoms with Crippen LogP contribution in [-0.4, -0.2) is 11.1 Å². The molecule has 0 aliphatic carbocycles. The van der Waals surface area contributed by atoms with E-state index in [0.29, 0.717) is 5.75 Å². The van der Waals surface area contributed by atoms with E-state index < -0.39 is 11.8 Å². The number of benzene rings is 2. The highest BCUT2D eigenvalue weighted by molar-refractivity contribution is 5.87. The van der Waals surface area contributed by atoms with Crippen LogP contribution >= 0.6 is 0 Å². The molecule has 0 atom stereocenters. The standard InChI is InChI=1S/C15H13FO3/c1-2-10-4-3-5-12(8-10)19-14-7-6-11(15(17)18)9-13(14)16/h3-9H,2H2,1H3,(H,17,18). The molecule has 0 aliphatic rings. The summed E-state index contributed by atoms with van der Waals surface area (Å²) in [6.07, 6.45) is 0.859. The molecule has 0 heterocycles. The maximum absolute atomic E-state index is 13.7. The molecule has 1 N–H and O–H groups in total. The minimum absolute atomic E-state index is 0.0123. The Balaban J connectivity index is 2.25. The zero-order valence-corrected chi connectivity index (χ0v) is 10.4. The first kappa shape index (κ1) is 13.1. The van der Waals surface area contributed by atoms with E-state index in [-0.39, 0.29) is 11.3 Å². The molecule has 19 heavy (non-hydrogen) atoms. The lowest BCUT2D eigenvalue weighted by atomic mass is 10.1. The molecule has 2 aromatic carbocycles. The molecule has 4 heteroatoms. The molecule has 0 saturated carbocycles. The van der Waals surface area contributed by atoms with Crippen molar-refractivity contribution >= 4 is 5.97 Å². The molecule has 2 aromatic rings. The quantitative estimate of drug-likeness (QED) is 0.907. The van der Waals surface area contributed by atoms with Gasteiger partial charge in [0.25, 0.3) is 0 Å². The fourth-order valence-electron chi connectivity index (χ4n) is 1.67. The average molecular weight is 260 g/mol. The normalized spacial score (nSPS) is 10.2. The van der Waals surface area contributed by atoms with E-state index in [0.717, 1.165) is 18.1 Å². The summed E-state index contributed by atoms with van der Waals surface area (Å²) in [4.78, 5) is 10.7. The van der Waals surface area contributed by atoms with Gasteiger partial charge in [-0.25, -0.2) is 9.18 Å². The van der Waals surface area contributed by atoms with Gasteiger partial charge in [0, 0.05) is 0 Å². The Bertz CT molecular complexity index is 608. The number of rotatable bonds is 4. The van der Waals surface area contributed by atoms with Gasteiger partial charge >= 0.3 is 5.97 Å². The summed E-state index contributed by atoms with van der Waals surface area (Å²) in [5.74, 6) is -1.32. The van der Waals surface area contributed by atoms with E-state index in [1.165, 1.54) is 12.1 Å². The van der Waals surface area contributed by atoms with E-state index in [4.69, 9.17) is 9.84 Å². The first-order valence-electron chi connectivity index (χ1n) is 5.90. The Morgan fingerprint density at radius 2 is 2.05 bits per heavy atom. The van der Waals surface area contributed by atoms with Crippen molar-refractivity contribution in [1.29, 1.82) is 0 Å². The SMILES string of the molecule is CCc1cccc(Oc2ccc(C(=O)O)cc2F)c1. The molecular formula is C15H13FO3. The van der Waals surface area contributed by atoms with Crippen molar-refractivity contribution in [3.63, 3.8) is 0 Å². The smallest absolute Gasteiger partial charge is 0.335 e. The molecule has 0 aromatic heterocycles. The predicted molar refractivity (Wildman–Crippen MR) is 69.3 cm³/mol. The van der Waals surface area contributed by atoms with Crippen LogP contribution in [0.3, 0.4) is 0 Å². The minimum atomic E-state index is -1.17. The lowest BCUT2D eigenvalue weighted by Gasteiger charge is -2.08. The van der Waals surface area contributed by atoms with Gasteiger partial charge in [-0.15, -0.1) is 0 Å². The fraction of sp³-hybridized carbons (Fsp3) is 0.133. The molecule has 3 nitrogen and oxygen atoms in total. The molecule has 0 spiro atoms. The van der Waals surface area contributed by atoms with Gasteiger partial charge in [0.2, 0.25) is 0 Å². The van der Waals surface area contributed by atoms with Crippen LogP contribution < -0.4 is 4.74 Å². The molecule has 0 amide bonds. The van der Waals surface area contributed by atoms with Crippen LogP contribution in [0.1, 0.15) is 22.8 Å². The highest BCUT2D eigenvalue weighted by atomic mass is 19.1. The molecule has 0 fully saturated rings. The molecule has 0 saturated heterocycles. The topological polar surface area (TPSA) is 46.5 Å². The molecule has 0 aliphatic heterocycles. The number of carbonyl (C=O) groups is 1. The Hall–Kier alpha value is -2.36. The Kier molecular flexibility index (Phi) is 3.80. The van der Waals surface area contributed by atoms with E-state index in [1.54, 1.807) is 6.07 Å². The van der Waals surface area contributed by atoms with Crippen LogP contribution in [0.5, 0.6) is 11.5 Å². The van der Waals surface area contributed by atoms with Crippen LogP contribution in [-0.2, 0) is 6.42 Å². The van der Waals surface area contributed by atoms with Crippen molar-refractivity contribution in [3.8, 4) is 11.5 Å². The van der Waals surface area contributed by atoms with E-state index in [2.05, 4.69) is 0 Å². The number of carboxylic acids is 1. The average Bonchev–Trinajstić information content (AvgIpc) is 2.41. The van der Waals surface area contributed by atoms with Crippen molar-refractivity contribution in [2.45, 2.75) is 13.3 Å². The van der Waals surface area contributed by atoms with E-state index >= 15 is 0 Å². The van der Waals surface area contributed by atoms with Gasteiger partial charge in [-0.3, -0.25) is 0 Å². The van der Waals surface area contributed by atoms with Gasteiger partial charge in [0.1, 0.15) is 5.75 Å². The highest BCUT2D eigenvalue weighted by Gasteiger charge is 2.10. The Morgan fingerprint density at radius 3 is 2.68 bits per heavy atom. The van der Waals surface area contributed by atoms with Gasteiger partial charge in [-0.1, -0.05) is 19.1 Å². The van der Waals surface area contributed by atoms with Crippen molar-refractivity contribution in [2.75, 3.05) is 0 Å². The van der Waals surface area contributed by atoms with Gasteiger partial charge in [0.05, 0.1) is 5.56 Å². The summed E-state index contributed by atoms with van der Waals surface area (Å²) in [6, 6.07) is 10.9. The first-order valence-corrected chi connectivity index (χ1v) is 5.90. The number of hydrogen-bond acceptors (Lipinski definition) is 2. The number of aromatic carboxylic acids is 1. The molecule has 0 unspecified atom stereocenters. The first-order chi connectivity index (χ1) is 9.10. The van der Waals surface area contributed by atoms with Crippen molar-refractivity contribution in [2.24, 2.45) is 0 Å². The second-order valence-corrected chi connectivity index (χ2v) is 4.05. The largest absolute Gasteiger partial charge is 0.478 e. The molecule has 0 bridgehead atoms. The number of carboxylic acid groups (broad SMARTS) is 1. The predicted octanol–water partition coefficient (Wildman–Crippen LogP) is 3.88. The minimum Gasteiger partial charge on any atom is -0.478 e. The second kappa shape index (κ2) is 5.52. The third-order valence-corrected chi connectivity index (χ3v) is 2.71. The van der Waals surface area contributed by atoms with Crippen LogP contribution in [0.15, 0.2) is 42.5 Å². The maximum Gasteiger partial charge on any atom is 0.335 e. The third kappa shape index (κ3) is 3.10. The Morgan fingerprint density at radius 1 is 1.26 bits per heavy atom. The van der Waals surface area contributed by atoms with Crippen molar-refractivity contribution in [1.82, 2.24) is 0 Å². The molecule has 2 rings (SSSR count).